The molecule has 1 unspecified atom stereocenters. The first-order valence-corrected chi connectivity index (χ1v) is 6.36. The predicted octanol–water partition coefficient (Wildman–Crippen LogP) is 2.38. The van der Waals surface area contributed by atoms with Crippen LogP contribution >= 0.6 is 12.4 Å². The van der Waals surface area contributed by atoms with Crippen molar-refractivity contribution in [1.29, 1.82) is 0 Å². The van der Waals surface area contributed by atoms with Crippen molar-refractivity contribution in [3.05, 3.63) is 35.6 Å². The zero-order valence-electron chi connectivity index (χ0n) is 11.2. The highest BCUT2D eigenvalue weighted by Crippen LogP contribution is 2.24. The van der Waals surface area contributed by atoms with E-state index in [0.717, 1.165) is 12.1 Å². The number of amides is 1. The van der Waals surface area contributed by atoms with Crippen LogP contribution in [0.2, 0.25) is 0 Å². The summed E-state index contributed by atoms with van der Waals surface area (Å²) in [6.07, 6.45) is 0. The number of carbonyl (C=O) groups excluding carboxylic acids is 1. The molecule has 1 fully saturated rings. The van der Waals surface area contributed by atoms with E-state index < -0.39 is 0 Å². The number of halogens is 2. The van der Waals surface area contributed by atoms with Crippen LogP contribution in [-0.4, -0.2) is 30.4 Å². The van der Waals surface area contributed by atoms with Crippen molar-refractivity contribution in [3.8, 4) is 0 Å². The lowest BCUT2D eigenvalue weighted by molar-refractivity contribution is -0.137. The highest BCUT2D eigenvalue weighted by atomic mass is 35.5. The van der Waals surface area contributed by atoms with Gasteiger partial charge in [0, 0.05) is 25.6 Å². The van der Waals surface area contributed by atoms with Crippen molar-refractivity contribution in [2.75, 3.05) is 19.6 Å². The lowest BCUT2D eigenvalue weighted by atomic mass is 10.0. The average Bonchev–Trinajstić information content (AvgIpc) is 2.38. The first-order chi connectivity index (χ1) is 8.59. The minimum absolute atomic E-state index is 0. The maximum atomic E-state index is 13.3. The molecule has 1 atom stereocenters. The fraction of sp³-hybridized carbons (Fsp3) is 0.500. The molecule has 0 bridgehead atoms. The first-order valence-electron chi connectivity index (χ1n) is 6.36. The standard InChI is InChI=1S/C14H19FN2O.ClH/c1-10(2)14(18)17-7-6-16-9-13(17)11-4-3-5-12(15)8-11;/h3-5,8,10,13,16H,6-7,9H2,1-2H3;1H. The van der Waals surface area contributed by atoms with E-state index in [0.29, 0.717) is 13.1 Å². The van der Waals surface area contributed by atoms with Gasteiger partial charge >= 0.3 is 0 Å². The van der Waals surface area contributed by atoms with Crippen molar-refractivity contribution in [3.63, 3.8) is 0 Å². The van der Waals surface area contributed by atoms with Crippen LogP contribution in [-0.2, 0) is 4.79 Å². The number of nitrogens with one attached hydrogen (secondary N) is 1. The Morgan fingerprint density at radius 3 is 2.84 bits per heavy atom. The second kappa shape index (κ2) is 6.87. The smallest absolute Gasteiger partial charge is 0.225 e. The summed E-state index contributed by atoms with van der Waals surface area (Å²) in [5.74, 6) is -0.153. The van der Waals surface area contributed by atoms with Gasteiger partial charge in [-0.3, -0.25) is 4.79 Å². The molecule has 0 radical (unpaired) electrons. The van der Waals surface area contributed by atoms with Crippen molar-refractivity contribution >= 4 is 18.3 Å². The SMILES string of the molecule is CC(C)C(=O)N1CCNCC1c1cccc(F)c1.Cl. The highest BCUT2D eigenvalue weighted by molar-refractivity contribution is 5.85. The number of piperazine rings is 1. The van der Waals surface area contributed by atoms with E-state index in [4.69, 9.17) is 0 Å². The summed E-state index contributed by atoms with van der Waals surface area (Å²) in [4.78, 5) is 14.0. The Hall–Kier alpha value is -1.13. The molecule has 1 heterocycles. The monoisotopic (exact) mass is 286 g/mol. The molecule has 0 aliphatic carbocycles. The summed E-state index contributed by atoms with van der Waals surface area (Å²) < 4.78 is 13.3. The van der Waals surface area contributed by atoms with Gasteiger partial charge in [-0.05, 0) is 17.7 Å². The summed E-state index contributed by atoms with van der Waals surface area (Å²) in [5.41, 5.74) is 0.858. The van der Waals surface area contributed by atoms with E-state index in [9.17, 15) is 9.18 Å². The second-order valence-corrected chi connectivity index (χ2v) is 4.96. The zero-order chi connectivity index (χ0) is 13.1. The van der Waals surface area contributed by atoms with E-state index >= 15 is 0 Å². The van der Waals surface area contributed by atoms with Crippen LogP contribution in [0, 0.1) is 11.7 Å². The normalized spacial score (nSPS) is 19.2. The largest absolute Gasteiger partial charge is 0.333 e. The lowest BCUT2D eigenvalue weighted by Crippen LogP contribution is -2.49. The molecule has 19 heavy (non-hydrogen) atoms. The number of carbonyl (C=O) groups is 1. The Bertz CT molecular complexity index is 439. The molecule has 2 rings (SSSR count). The third-order valence-corrected chi connectivity index (χ3v) is 3.25. The summed E-state index contributed by atoms with van der Waals surface area (Å²) in [7, 11) is 0. The summed E-state index contributed by atoms with van der Waals surface area (Å²) in [6.45, 7) is 5.95. The Morgan fingerprint density at radius 2 is 2.21 bits per heavy atom. The van der Waals surface area contributed by atoms with Crippen molar-refractivity contribution in [1.82, 2.24) is 10.2 Å². The van der Waals surface area contributed by atoms with Crippen LogP contribution in [0.4, 0.5) is 4.39 Å². The van der Waals surface area contributed by atoms with E-state index in [1.807, 2.05) is 24.8 Å². The number of hydrogen-bond acceptors (Lipinski definition) is 2. The van der Waals surface area contributed by atoms with E-state index in [1.165, 1.54) is 12.1 Å². The average molecular weight is 287 g/mol. The van der Waals surface area contributed by atoms with Crippen LogP contribution in [0.3, 0.4) is 0 Å². The van der Waals surface area contributed by atoms with Gasteiger partial charge in [0.05, 0.1) is 6.04 Å². The summed E-state index contributed by atoms with van der Waals surface area (Å²) in [5, 5.41) is 3.26. The van der Waals surface area contributed by atoms with Gasteiger partial charge in [0.1, 0.15) is 5.82 Å². The molecule has 106 valence electrons. The third kappa shape index (κ3) is 3.67. The Labute approximate surface area is 119 Å². The van der Waals surface area contributed by atoms with Gasteiger partial charge in [0.2, 0.25) is 5.91 Å². The van der Waals surface area contributed by atoms with Crippen molar-refractivity contribution in [2.24, 2.45) is 5.92 Å². The number of hydrogen-bond donors (Lipinski definition) is 1. The van der Waals surface area contributed by atoms with Gasteiger partial charge in [-0.25, -0.2) is 4.39 Å². The molecule has 0 spiro atoms. The fourth-order valence-electron chi connectivity index (χ4n) is 2.31. The molecular formula is C14H20ClFN2O. The van der Waals surface area contributed by atoms with Crippen LogP contribution in [0.1, 0.15) is 25.5 Å². The maximum absolute atomic E-state index is 13.3. The number of nitrogens with zero attached hydrogens (tertiary/aromatic N) is 1. The quantitative estimate of drug-likeness (QED) is 0.905. The summed E-state index contributed by atoms with van der Waals surface area (Å²) >= 11 is 0. The van der Waals surface area contributed by atoms with Gasteiger partial charge in [-0.1, -0.05) is 26.0 Å². The topological polar surface area (TPSA) is 32.3 Å². The van der Waals surface area contributed by atoms with Gasteiger partial charge in [-0.2, -0.15) is 0 Å². The van der Waals surface area contributed by atoms with Crippen molar-refractivity contribution in [2.45, 2.75) is 19.9 Å². The van der Waals surface area contributed by atoms with Gasteiger partial charge < -0.3 is 10.2 Å². The molecule has 0 aromatic heterocycles. The molecule has 1 aromatic carbocycles. The van der Waals surface area contributed by atoms with Crippen molar-refractivity contribution < 1.29 is 9.18 Å². The Kier molecular flexibility index (Phi) is 5.76. The van der Waals surface area contributed by atoms with Crippen LogP contribution in [0.25, 0.3) is 0 Å². The third-order valence-electron chi connectivity index (χ3n) is 3.25. The minimum Gasteiger partial charge on any atom is -0.333 e. The molecule has 5 heteroatoms. The van der Waals surface area contributed by atoms with E-state index in [-0.39, 0.29) is 36.1 Å². The van der Waals surface area contributed by atoms with Crippen LogP contribution in [0.5, 0.6) is 0 Å². The number of rotatable bonds is 2. The molecule has 1 aliphatic rings. The molecule has 3 nitrogen and oxygen atoms in total. The molecule has 1 aliphatic heterocycles. The van der Waals surface area contributed by atoms with Gasteiger partial charge in [0.15, 0.2) is 0 Å². The molecular weight excluding hydrogens is 267 g/mol. The maximum Gasteiger partial charge on any atom is 0.225 e. The molecule has 1 aromatic rings. The van der Waals surface area contributed by atoms with Gasteiger partial charge in [-0.15, -0.1) is 12.4 Å². The van der Waals surface area contributed by atoms with E-state index in [1.54, 1.807) is 6.07 Å². The lowest BCUT2D eigenvalue weighted by Gasteiger charge is -2.37. The van der Waals surface area contributed by atoms with Gasteiger partial charge in [0.25, 0.3) is 0 Å². The fourth-order valence-corrected chi connectivity index (χ4v) is 2.31. The molecule has 0 saturated carbocycles. The van der Waals surface area contributed by atoms with Crippen LogP contribution < -0.4 is 5.32 Å². The van der Waals surface area contributed by atoms with E-state index in [2.05, 4.69) is 5.32 Å². The predicted molar refractivity (Wildman–Crippen MR) is 75.8 cm³/mol. The molecule has 1 amide bonds. The molecule has 1 saturated heterocycles. The first kappa shape index (κ1) is 15.9. The molecule has 1 N–H and O–H groups in total. The minimum atomic E-state index is -0.255. The highest BCUT2D eigenvalue weighted by Gasteiger charge is 2.29. The summed E-state index contributed by atoms with van der Waals surface area (Å²) in [6, 6.07) is 6.44. The Morgan fingerprint density at radius 1 is 1.47 bits per heavy atom. The second-order valence-electron chi connectivity index (χ2n) is 4.96. The zero-order valence-corrected chi connectivity index (χ0v) is 12.0. The number of benzene rings is 1. The Balaban J connectivity index is 0.00000180. The van der Waals surface area contributed by atoms with Crippen LogP contribution in [0.15, 0.2) is 24.3 Å².